The van der Waals surface area contributed by atoms with Crippen LogP contribution in [0, 0.1) is 5.82 Å². The van der Waals surface area contributed by atoms with Crippen LogP contribution in [0.25, 0.3) is 0 Å². The van der Waals surface area contributed by atoms with Gasteiger partial charge in [0.05, 0.1) is 20.3 Å². The minimum Gasteiger partial charge on any atom is -0.493 e. The van der Waals surface area contributed by atoms with Gasteiger partial charge in [-0.2, -0.15) is 0 Å². The number of hydrogen-bond donors (Lipinski definition) is 2. The lowest BCUT2D eigenvalue weighted by molar-refractivity contribution is 0.0916. The van der Waals surface area contributed by atoms with Gasteiger partial charge in [0.25, 0.3) is 0 Å². The van der Waals surface area contributed by atoms with E-state index in [2.05, 4.69) is 10.1 Å². The van der Waals surface area contributed by atoms with E-state index in [1.54, 1.807) is 0 Å². The quantitative estimate of drug-likeness (QED) is 0.797. The summed E-state index contributed by atoms with van der Waals surface area (Å²) in [6.45, 7) is 0. The van der Waals surface area contributed by atoms with Gasteiger partial charge in [0.15, 0.2) is 17.3 Å². The first-order chi connectivity index (χ1) is 9.49. The highest BCUT2D eigenvalue weighted by Crippen LogP contribution is 2.35. The molecule has 0 bridgehead atoms. The highest BCUT2D eigenvalue weighted by molar-refractivity contribution is 6.08. The van der Waals surface area contributed by atoms with Crippen molar-refractivity contribution in [2.75, 3.05) is 20.0 Å². The second kappa shape index (κ2) is 5.36. The van der Waals surface area contributed by atoms with Crippen LogP contribution in [0.1, 0.15) is 22.3 Å². The number of anilines is 1. The average molecular weight is 282 g/mol. The van der Waals surface area contributed by atoms with Crippen molar-refractivity contribution >= 4 is 17.6 Å². The number of Topliss-reactive ketones (excluding diaryl/α,β-unsaturated/α-hetero) is 1. The number of hydrogen-bond acceptors (Lipinski definition) is 5. The zero-order valence-electron chi connectivity index (χ0n) is 11.2. The van der Waals surface area contributed by atoms with Gasteiger partial charge in [0, 0.05) is 22.9 Å². The van der Waals surface area contributed by atoms with E-state index in [-0.39, 0.29) is 22.8 Å². The molecule has 1 aromatic rings. The summed E-state index contributed by atoms with van der Waals surface area (Å²) in [5.41, 5.74) is 6.41. The van der Waals surface area contributed by atoms with Gasteiger partial charge in [-0.15, -0.1) is 0 Å². The first-order valence-electron chi connectivity index (χ1n) is 6.03. The van der Waals surface area contributed by atoms with Crippen LogP contribution in [0.5, 0.6) is 5.75 Å². The Morgan fingerprint density at radius 1 is 1.50 bits per heavy atom. The minimum absolute atomic E-state index is 0.0269. The predicted octanol–water partition coefficient (Wildman–Crippen LogP) is 1.27. The van der Waals surface area contributed by atoms with Gasteiger partial charge in [-0.1, -0.05) is 0 Å². The molecule has 108 valence electrons. The topological polar surface area (TPSA) is 90.7 Å². The third kappa shape index (κ3) is 2.26. The molecule has 7 heteroatoms. The molecule has 0 saturated carbocycles. The van der Waals surface area contributed by atoms with E-state index in [9.17, 15) is 14.0 Å². The minimum atomic E-state index is -0.729. The summed E-state index contributed by atoms with van der Waals surface area (Å²) in [6, 6.07) is 0.322. The van der Waals surface area contributed by atoms with E-state index >= 15 is 0 Å². The molecule has 2 rings (SSSR count). The lowest BCUT2D eigenvalue weighted by Crippen LogP contribution is -2.43. The SMILES string of the molecule is COC(=O)NC1CCc2c(OC)c(F)cc(N)c2C1=O. The molecule has 3 N–H and O–H groups in total. The van der Waals surface area contributed by atoms with E-state index in [0.29, 0.717) is 18.4 Å². The van der Waals surface area contributed by atoms with Gasteiger partial charge in [-0.25, -0.2) is 9.18 Å². The van der Waals surface area contributed by atoms with Crippen LogP contribution in [-0.4, -0.2) is 32.1 Å². The summed E-state index contributed by atoms with van der Waals surface area (Å²) >= 11 is 0. The third-order valence-corrected chi connectivity index (χ3v) is 3.29. The molecule has 0 radical (unpaired) electrons. The van der Waals surface area contributed by atoms with Gasteiger partial charge in [-0.05, 0) is 12.8 Å². The fourth-order valence-electron chi connectivity index (χ4n) is 2.39. The Kier molecular flexibility index (Phi) is 3.78. The zero-order valence-corrected chi connectivity index (χ0v) is 11.2. The van der Waals surface area contributed by atoms with Crippen molar-refractivity contribution in [3.63, 3.8) is 0 Å². The molecule has 1 aromatic carbocycles. The van der Waals surface area contributed by atoms with Crippen LogP contribution >= 0.6 is 0 Å². The van der Waals surface area contributed by atoms with Gasteiger partial charge in [0.1, 0.15) is 0 Å². The summed E-state index contributed by atoms with van der Waals surface area (Å²) in [5.74, 6) is -0.942. The standard InChI is InChI=1S/C13H15FN2O4/c1-19-12-6-3-4-9(16-13(18)20-2)11(17)10(6)8(15)5-7(12)14/h5,9H,3-4,15H2,1-2H3,(H,16,18). The van der Waals surface area contributed by atoms with Crippen LogP contribution in [0.2, 0.25) is 0 Å². The third-order valence-electron chi connectivity index (χ3n) is 3.29. The molecule has 1 aliphatic carbocycles. The summed E-state index contributed by atoms with van der Waals surface area (Å²) in [6.07, 6.45) is 0.0144. The van der Waals surface area contributed by atoms with Crippen LogP contribution in [0.3, 0.4) is 0 Å². The number of amides is 1. The number of alkyl carbamates (subject to hydrolysis) is 1. The first kappa shape index (κ1) is 14.1. The van der Waals surface area contributed by atoms with E-state index in [4.69, 9.17) is 10.5 Å². The number of nitrogens with one attached hydrogen (secondary N) is 1. The molecule has 0 heterocycles. The maximum atomic E-state index is 13.7. The number of nitrogens with two attached hydrogens (primary N) is 1. The second-order valence-electron chi connectivity index (χ2n) is 4.43. The summed E-state index contributed by atoms with van der Waals surface area (Å²) < 4.78 is 23.2. The van der Waals surface area contributed by atoms with Gasteiger partial charge in [0.2, 0.25) is 0 Å². The van der Waals surface area contributed by atoms with Crippen LogP contribution in [0.4, 0.5) is 14.9 Å². The number of carbonyl (C=O) groups is 2. The lowest BCUT2D eigenvalue weighted by Gasteiger charge is -2.26. The smallest absolute Gasteiger partial charge is 0.407 e. The highest BCUT2D eigenvalue weighted by Gasteiger charge is 2.33. The Morgan fingerprint density at radius 3 is 2.80 bits per heavy atom. The van der Waals surface area contributed by atoms with Crippen molar-refractivity contribution in [3.05, 3.63) is 23.0 Å². The molecular formula is C13H15FN2O4. The van der Waals surface area contributed by atoms with Crippen molar-refractivity contribution in [1.29, 1.82) is 0 Å². The van der Waals surface area contributed by atoms with Crippen molar-refractivity contribution in [3.8, 4) is 5.75 Å². The maximum Gasteiger partial charge on any atom is 0.407 e. The number of ether oxygens (including phenoxy) is 2. The monoisotopic (exact) mass is 282 g/mol. The number of carbonyl (C=O) groups excluding carboxylic acids is 2. The Hall–Kier alpha value is -2.31. The molecule has 6 nitrogen and oxygen atoms in total. The number of halogens is 1. The Morgan fingerprint density at radius 2 is 2.20 bits per heavy atom. The van der Waals surface area contributed by atoms with E-state index in [1.165, 1.54) is 14.2 Å². The summed E-state index contributed by atoms with van der Waals surface area (Å²) in [4.78, 5) is 23.5. The summed E-state index contributed by atoms with van der Waals surface area (Å²) in [7, 11) is 2.54. The van der Waals surface area contributed by atoms with Crippen molar-refractivity contribution in [2.24, 2.45) is 0 Å². The number of methoxy groups -OCH3 is 2. The van der Waals surface area contributed by atoms with Gasteiger partial charge < -0.3 is 20.5 Å². The van der Waals surface area contributed by atoms with E-state index in [1.807, 2.05) is 0 Å². The van der Waals surface area contributed by atoms with Crippen LogP contribution in [-0.2, 0) is 11.2 Å². The molecule has 1 aliphatic rings. The number of ketones is 1. The molecule has 0 fully saturated rings. The zero-order chi connectivity index (χ0) is 14.9. The predicted molar refractivity (Wildman–Crippen MR) is 69.3 cm³/mol. The lowest BCUT2D eigenvalue weighted by atomic mass is 9.85. The fourth-order valence-corrected chi connectivity index (χ4v) is 2.39. The first-order valence-corrected chi connectivity index (χ1v) is 6.03. The molecule has 0 spiro atoms. The van der Waals surface area contributed by atoms with Crippen molar-refractivity contribution in [2.45, 2.75) is 18.9 Å². The number of nitrogen functional groups attached to an aromatic ring is 1. The fraction of sp³-hybridized carbons (Fsp3) is 0.385. The number of benzene rings is 1. The highest BCUT2D eigenvalue weighted by atomic mass is 19.1. The van der Waals surface area contributed by atoms with Crippen LogP contribution in [0.15, 0.2) is 6.07 Å². The number of rotatable bonds is 2. The molecule has 0 aliphatic heterocycles. The average Bonchev–Trinajstić information content (AvgIpc) is 2.41. The summed E-state index contributed by atoms with van der Waals surface area (Å²) in [5, 5.41) is 2.44. The Bertz CT molecular complexity index is 574. The normalized spacial score (nSPS) is 17.4. The largest absolute Gasteiger partial charge is 0.493 e. The molecule has 20 heavy (non-hydrogen) atoms. The van der Waals surface area contributed by atoms with Crippen molar-refractivity contribution in [1.82, 2.24) is 5.32 Å². The maximum absolute atomic E-state index is 13.7. The van der Waals surface area contributed by atoms with E-state index < -0.39 is 18.0 Å². The molecule has 1 atom stereocenters. The van der Waals surface area contributed by atoms with Crippen LogP contribution < -0.4 is 15.8 Å². The van der Waals surface area contributed by atoms with Gasteiger partial charge >= 0.3 is 6.09 Å². The molecule has 0 aromatic heterocycles. The van der Waals surface area contributed by atoms with E-state index in [0.717, 1.165) is 6.07 Å². The molecular weight excluding hydrogens is 267 g/mol. The molecule has 0 saturated heterocycles. The van der Waals surface area contributed by atoms with Crippen molar-refractivity contribution < 1.29 is 23.5 Å². The Labute approximate surface area is 115 Å². The Balaban J connectivity index is 2.42. The number of fused-ring (bicyclic) bond motifs is 1. The molecule has 1 unspecified atom stereocenters. The second-order valence-corrected chi connectivity index (χ2v) is 4.43. The van der Waals surface area contributed by atoms with Gasteiger partial charge in [-0.3, -0.25) is 4.79 Å². The molecule has 1 amide bonds.